The van der Waals surface area contributed by atoms with E-state index in [2.05, 4.69) is 21.2 Å². The minimum absolute atomic E-state index is 0.130. The van der Waals surface area contributed by atoms with Crippen LogP contribution in [-0.4, -0.2) is 50.8 Å². The summed E-state index contributed by atoms with van der Waals surface area (Å²) >= 11 is 0. The summed E-state index contributed by atoms with van der Waals surface area (Å²) < 4.78 is 16.1. The Bertz CT molecular complexity index is 991. The zero-order valence-electron chi connectivity index (χ0n) is 19.0. The Balaban J connectivity index is 2.02. The number of nitrogens with zero attached hydrogens (tertiary/aromatic N) is 1. The molecule has 0 spiro atoms. The molecule has 0 radical (unpaired) electrons. The Morgan fingerprint density at radius 3 is 2.39 bits per heavy atom. The summed E-state index contributed by atoms with van der Waals surface area (Å²) in [6.07, 6.45) is 1.99. The normalized spacial score (nSPS) is 11.4. The first-order valence-electron chi connectivity index (χ1n) is 10.3. The number of amides is 3. The van der Waals surface area contributed by atoms with E-state index in [0.29, 0.717) is 29.2 Å². The average molecular weight is 456 g/mol. The highest BCUT2D eigenvalue weighted by Crippen LogP contribution is 2.30. The molecule has 0 aromatic heterocycles. The molecule has 0 bridgehead atoms. The Hall–Kier alpha value is -4.08. The van der Waals surface area contributed by atoms with E-state index in [1.54, 1.807) is 56.5 Å². The Kier molecular flexibility index (Phi) is 9.69. The van der Waals surface area contributed by atoms with E-state index in [-0.39, 0.29) is 24.3 Å². The first-order valence-corrected chi connectivity index (χ1v) is 10.3. The van der Waals surface area contributed by atoms with E-state index < -0.39 is 11.8 Å². The average Bonchev–Trinajstić information content (AvgIpc) is 2.83. The standard InChI is InChI=1S/C23H28N4O6/c1-5-15(2)25-22(29)23(30)27-24-13-16-7-6-8-19(32-4)21(16)33-14-20(28)26-17-9-11-18(31-3)12-10-17/h6-13,15H,5,14H2,1-4H3,(H,25,29)(H,26,28)(H,27,30)/b24-13-/t15-/m1/s1. The van der Waals surface area contributed by atoms with Crippen LogP contribution in [0.3, 0.4) is 0 Å². The fourth-order valence-corrected chi connectivity index (χ4v) is 2.56. The number of para-hydroxylation sites is 1. The minimum atomic E-state index is -0.893. The zero-order valence-corrected chi connectivity index (χ0v) is 19.0. The molecule has 2 aromatic rings. The number of carbonyl (C=O) groups excluding carboxylic acids is 3. The fourth-order valence-electron chi connectivity index (χ4n) is 2.56. The van der Waals surface area contributed by atoms with E-state index in [4.69, 9.17) is 14.2 Å². The van der Waals surface area contributed by atoms with Gasteiger partial charge in [-0.3, -0.25) is 14.4 Å². The van der Waals surface area contributed by atoms with Crippen LogP contribution in [0.4, 0.5) is 5.69 Å². The molecule has 3 amide bonds. The molecule has 10 heteroatoms. The van der Waals surface area contributed by atoms with Crippen LogP contribution in [0.15, 0.2) is 47.6 Å². The van der Waals surface area contributed by atoms with Crippen LogP contribution in [0.2, 0.25) is 0 Å². The van der Waals surface area contributed by atoms with Gasteiger partial charge >= 0.3 is 11.8 Å². The molecule has 0 heterocycles. The highest BCUT2D eigenvalue weighted by molar-refractivity contribution is 6.35. The summed E-state index contributed by atoms with van der Waals surface area (Å²) in [4.78, 5) is 36.0. The molecule has 0 fully saturated rings. The third-order valence-electron chi connectivity index (χ3n) is 4.52. The monoisotopic (exact) mass is 456 g/mol. The number of rotatable bonds is 10. The van der Waals surface area contributed by atoms with Crippen molar-refractivity contribution in [3.05, 3.63) is 48.0 Å². The first kappa shape index (κ1) is 25.2. The molecule has 2 aromatic carbocycles. The lowest BCUT2D eigenvalue weighted by Gasteiger charge is -2.13. The summed E-state index contributed by atoms with van der Waals surface area (Å²) in [5, 5.41) is 9.07. The van der Waals surface area contributed by atoms with Crippen molar-refractivity contribution in [2.45, 2.75) is 26.3 Å². The third kappa shape index (κ3) is 7.84. The number of anilines is 1. The summed E-state index contributed by atoms with van der Waals surface area (Å²) in [7, 11) is 3.02. The molecule has 10 nitrogen and oxygen atoms in total. The maximum absolute atomic E-state index is 12.3. The predicted octanol–water partition coefficient (Wildman–Crippen LogP) is 2.09. The van der Waals surface area contributed by atoms with Gasteiger partial charge in [0.15, 0.2) is 18.1 Å². The van der Waals surface area contributed by atoms with Crippen LogP contribution < -0.4 is 30.3 Å². The van der Waals surface area contributed by atoms with Gasteiger partial charge in [-0.1, -0.05) is 13.0 Å². The molecule has 2 rings (SSSR count). The second-order valence-electron chi connectivity index (χ2n) is 6.93. The number of hydrogen-bond acceptors (Lipinski definition) is 7. The van der Waals surface area contributed by atoms with Crippen molar-refractivity contribution >= 4 is 29.6 Å². The van der Waals surface area contributed by atoms with Crippen molar-refractivity contribution < 1.29 is 28.6 Å². The quantitative estimate of drug-likeness (QED) is 0.285. The van der Waals surface area contributed by atoms with Gasteiger partial charge in [0.25, 0.3) is 5.91 Å². The zero-order chi connectivity index (χ0) is 24.2. The number of nitrogens with one attached hydrogen (secondary N) is 3. The molecule has 0 aliphatic carbocycles. The molecule has 3 N–H and O–H groups in total. The lowest BCUT2D eigenvalue weighted by molar-refractivity contribution is -0.139. The van der Waals surface area contributed by atoms with Gasteiger partial charge in [0, 0.05) is 17.3 Å². The Morgan fingerprint density at radius 2 is 1.76 bits per heavy atom. The Labute approximate surface area is 192 Å². The number of hydrazone groups is 1. The number of ether oxygens (including phenoxy) is 3. The number of carbonyl (C=O) groups is 3. The van der Waals surface area contributed by atoms with Crippen LogP contribution >= 0.6 is 0 Å². The maximum atomic E-state index is 12.3. The Morgan fingerprint density at radius 1 is 1.03 bits per heavy atom. The predicted molar refractivity (Wildman–Crippen MR) is 124 cm³/mol. The van der Waals surface area contributed by atoms with E-state index >= 15 is 0 Å². The minimum Gasteiger partial charge on any atom is -0.497 e. The summed E-state index contributed by atoms with van der Waals surface area (Å²) in [5.41, 5.74) is 3.19. The molecule has 0 saturated carbocycles. The molecular formula is C23H28N4O6. The lowest BCUT2D eigenvalue weighted by Crippen LogP contribution is -2.41. The van der Waals surface area contributed by atoms with E-state index in [0.717, 1.165) is 0 Å². The van der Waals surface area contributed by atoms with Gasteiger partial charge in [-0.2, -0.15) is 5.10 Å². The van der Waals surface area contributed by atoms with Gasteiger partial charge < -0.3 is 24.8 Å². The molecule has 33 heavy (non-hydrogen) atoms. The highest BCUT2D eigenvalue weighted by Gasteiger charge is 2.15. The van der Waals surface area contributed by atoms with Gasteiger partial charge in [-0.25, -0.2) is 5.43 Å². The maximum Gasteiger partial charge on any atom is 0.329 e. The molecular weight excluding hydrogens is 428 g/mol. The van der Waals surface area contributed by atoms with E-state index in [1.165, 1.54) is 13.3 Å². The molecule has 0 unspecified atom stereocenters. The summed E-state index contributed by atoms with van der Waals surface area (Å²) in [6.45, 7) is 3.39. The SMILES string of the molecule is CC[C@@H](C)NC(=O)C(=O)N/N=C\c1cccc(OC)c1OCC(=O)Nc1ccc(OC)cc1. The third-order valence-corrected chi connectivity index (χ3v) is 4.52. The van der Waals surface area contributed by atoms with Crippen LogP contribution in [0.1, 0.15) is 25.8 Å². The number of methoxy groups -OCH3 is 2. The summed E-state index contributed by atoms with van der Waals surface area (Å²) in [5.74, 6) is -0.755. The smallest absolute Gasteiger partial charge is 0.329 e. The summed E-state index contributed by atoms with van der Waals surface area (Å²) in [6, 6.07) is 11.7. The van der Waals surface area contributed by atoms with Crippen LogP contribution in [-0.2, 0) is 14.4 Å². The number of benzene rings is 2. The molecule has 0 aliphatic rings. The van der Waals surface area contributed by atoms with Crippen LogP contribution in [0.25, 0.3) is 0 Å². The second-order valence-corrected chi connectivity index (χ2v) is 6.93. The molecule has 0 saturated heterocycles. The van der Waals surface area contributed by atoms with Crippen molar-refractivity contribution in [1.29, 1.82) is 0 Å². The van der Waals surface area contributed by atoms with Crippen molar-refractivity contribution in [3.63, 3.8) is 0 Å². The fraction of sp³-hybridized carbons (Fsp3) is 0.304. The van der Waals surface area contributed by atoms with Crippen molar-refractivity contribution in [2.24, 2.45) is 5.10 Å². The van der Waals surface area contributed by atoms with Gasteiger partial charge in [-0.05, 0) is 49.7 Å². The largest absolute Gasteiger partial charge is 0.497 e. The van der Waals surface area contributed by atoms with E-state index in [9.17, 15) is 14.4 Å². The molecule has 176 valence electrons. The van der Waals surface area contributed by atoms with Crippen molar-refractivity contribution in [1.82, 2.24) is 10.7 Å². The van der Waals surface area contributed by atoms with Gasteiger partial charge in [0.1, 0.15) is 5.75 Å². The molecule has 0 aliphatic heterocycles. The van der Waals surface area contributed by atoms with E-state index in [1.807, 2.05) is 6.92 Å². The molecule has 1 atom stereocenters. The lowest BCUT2D eigenvalue weighted by atomic mass is 10.2. The van der Waals surface area contributed by atoms with Crippen LogP contribution in [0.5, 0.6) is 17.2 Å². The van der Waals surface area contributed by atoms with Crippen molar-refractivity contribution in [2.75, 3.05) is 26.1 Å². The van der Waals surface area contributed by atoms with Crippen LogP contribution in [0, 0.1) is 0 Å². The second kappa shape index (κ2) is 12.7. The number of hydrogen-bond donors (Lipinski definition) is 3. The first-order chi connectivity index (χ1) is 15.9. The highest BCUT2D eigenvalue weighted by atomic mass is 16.5. The van der Waals surface area contributed by atoms with Gasteiger partial charge in [-0.15, -0.1) is 0 Å². The van der Waals surface area contributed by atoms with Gasteiger partial charge in [0.05, 0.1) is 20.4 Å². The topological polar surface area (TPSA) is 127 Å². The van der Waals surface area contributed by atoms with Gasteiger partial charge in [0.2, 0.25) is 0 Å². The van der Waals surface area contributed by atoms with Crippen molar-refractivity contribution in [3.8, 4) is 17.2 Å².